The lowest BCUT2D eigenvalue weighted by molar-refractivity contribution is 0.632. The number of hydrogen-bond acceptors (Lipinski definition) is 3. The minimum Gasteiger partial charge on any atom is -0.310 e. The van der Waals surface area contributed by atoms with Crippen LogP contribution in [0.4, 0.5) is 17.1 Å². The van der Waals surface area contributed by atoms with Crippen molar-refractivity contribution in [1.29, 1.82) is 0 Å². The molecule has 11 rings (SSSR count). The summed E-state index contributed by atoms with van der Waals surface area (Å²) in [5.41, 5.74) is 13.4. The highest BCUT2D eigenvalue weighted by molar-refractivity contribution is 6.25. The van der Waals surface area contributed by atoms with E-state index in [-0.39, 0.29) is 5.41 Å². The van der Waals surface area contributed by atoms with Gasteiger partial charge in [0.25, 0.3) is 0 Å². The van der Waals surface area contributed by atoms with Crippen LogP contribution in [-0.2, 0) is 5.41 Å². The van der Waals surface area contributed by atoms with Crippen LogP contribution in [0.3, 0.4) is 0 Å². The predicted octanol–water partition coefficient (Wildman–Crippen LogP) is 13.8. The Balaban J connectivity index is 1.21. The van der Waals surface area contributed by atoms with Crippen molar-refractivity contribution in [2.24, 2.45) is 0 Å². The summed E-state index contributed by atoms with van der Waals surface area (Å²) in [7, 11) is 0. The number of benzene rings is 8. The van der Waals surface area contributed by atoms with Crippen LogP contribution in [0.25, 0.3) is 72.2 Å². The Morgan fingerprint density at radius 1 is 0.456 bits per heavy atom. The molecule has 4 nitrogen and oxygen atoms in total. The quantitative estimate of drug-likeness (QED) is 0.177. The lowest BCUT2D eigenvalue weighted by Gasteiger charge is -2.42. The molecule has 0 bridgehead atoms. The summed E-state index contributed by atoms with van der Waals surface area (Å²) >= 11 is 0. The Bertz CT molecular complexity index is 3090. The maximum atomic E-state index is 5.34. The highest BCUT2D eigenvalue weighted by Crippen LogP contribution is 2.53. The Hall–Kier alpha value is -7.30. The molecule has 2 aromatic heterocycles. The van der Waals surface area contributed by atoms with Gasteiger partial charge in [-0.2, -0.15) is 0 Å². The summed E-state index contributed by atoms with van der Waals surface area (Å²) in [6.45, 7) is 4.70. The van der Waals surface area contributed by atoms with Gasteiger partial charge in [-0.25, -0.2) is 9.97 Å². The zero-order valence-corrected chi connectivity index (χ0v) is 31.8. The van der Waals surface area contributed by atoms with E-state index in [0.717, 1.165) is 39.4 Å². The van der Waals surface area contributed by atoms with Crippen molar-refractivity contribution in [1.82, 2.24) is 14.5 Å². The van der Waals surface area contributed by atoms with E-state index in [4.69, 9.17) is 9.97 Å². The van der Waals surface area contributed by atoms with Crippen LogP contribution < -0.4 is 4.90 Å². The van der Waals surface area contributed by atoms with Gasteiger partial charge in [-0.3, -0.25) is 4.57 Å². The Morgan fingerprint density at radius 2 is 1.12 bits per heavy atom. The molecule has 0 aliphatic carbocycles. The summed E-state index contributed by atoms with van der Waals surface area (Å²) in [4.78, 5) is 12.9. The molecule has 0 saturated heterocycles. The van der Waals surface area contributed by atoms with Gasteiger partial charge < -0.3 is 4.90 Å². The predicted molar refractivity (Wildman–Crippen MR) is 237 cm³/mol. The highest BCUT2D eigenvalue weighted by Gasteiger charge is 2.37. The average molecular weight is 731 g/mol. The SMILES string of the molecule is CC1(C)c2ccccc2N(c2ccccc2)c2cc(-c3cccc4c3c3c5ccccc5ccc3n4-c3cc(-c4ccccc4)nc(-c4ccccc4)n3)ccc21. The number of nitrogens with zero attached hydrogens (tertiary/aromatic N) is 4. The van der Waals surface area contributed by atoms with E-state index in [1.807, 2.05) is 24.3 Å². The average Bonchev–Trinajstić information content (AvgIpc) is 3.62. The van der Waals surface area contributed by atoms with Gasteiger partial charge in [0.2, 0.25) is 0 Å². The van der Waals surface area contributed by atoms with Crippen molar-refractivity contribution >= 4 is 49.6 Å². The van der Waals surface area contributed by atoms with Gasteiger partial charge in [0.1, 0.15) is 5.82 Å². The molecular formula is C53H38N4. The third kappa shape index (κ3) is 5.22. The smallest absolute Gasteiger partial charge is 0.162 e. The fourth-order valence-electron chi connectivity index (χ4n) is 9.08. The summed E-state index contributed by atoms with van der Waals surface area (Å²) in [6, 6.07) is 69.5. The van der Waals surface area contributed by atoms with Gasteiger partial charge in [0, 0.05) is 39.1 Å². The molecule has 0 unspecified atom stereocenters. The van der Waals surface area contributed by atoms with Crippen LogP contribution in [0.2, 0.25) is 0 Å². The number of rotatable bonds is 5. The fourth-order valence-corrected chi connectivity index (χ4v) is 9.08. The molecule has 8 aromatic carbocycles. The number of fused-ring (bicyclic) bond motifs is 7. The molecule has 3 heterocycles. The molecule has 0 spiro atoms. The summed E-state index contributed by atoms with van der Waals surface area (Å²) < 4.78 is 2.34. The number of anilines is 3. The molecule has 10 aromatic rings. The molecule has 57 heavy (non-hydrogen) atoms. The first-order chi connectivity index (χ1) is 28.0. The first-order valence-corrected chi connectivity index (χ1v) is 19.6. The molecular weight excluding hydrogens is 693 g/mol. The van der Waals surface area contributed by atoms with Crippen molar-refractivity contribution in [3.05, 3.63) is 205 Å². The van der Waals surface area contributed by atoms with Crippen LogP contribution in [-0.4, -0.2) is 14.5 Å². The summed E-state index contributed by atoms with van der Waals surface area (Å²) in [5.74, 6) is 1.52. The molecule has 270 valence electrons. The van der Waals surface area contributed by atoms with Crippen molar-refractivity contribution < 1.29 is 0 Å². The second-order valence-electron chi connectivity index (χ2n) is 15.4. The van der Waals surface area contributed by atoms with Crippen LogP contribution in [0.5, 0.6) is 0 Å². The Labute approximate surface area is 332 Å². The fraction of sp³-hybridized carbons (Fsp3) is 0.0566. The van der Waals surface area contributed by atoms with Gasteiger partial charge in [-0.1, -0.05) is 166 Å². The van der Waals surface area contributed by atoms with Gasteiger partial charge in [-0.05, 0) is 69.4 Å². The normalized spacial score (nSPS) is 13.2. The van der Waals surface area contributed by atoms with Crippen molar-refractivity contribution in [2.45, 2.75) is 19.3 Å². The third-order valence-corrected chi connectivity index (χ3v) is 11.8. The van der Waals surface area contributed by atoms with E-state index in [2.05, 4.69) is 193 Å². The molecule has 1 aliphatic rings. The molecule has 0 saturated carbocycles. The van der Waals surface area contributed by atoms with Crippen molar-refractivity contribution in [3.63, 3.8) is 0 Å². The zero-order chi connectivity index (χ0) is 38.1. The number of hydrogen-bond donors (Lipinski definition) is 0. The van der Waals surface area contributed by atoms with Gasteiger partial charge in [-0.15, -0.1) is 0 Å². The topological polar surface area (TPSA) is 34.0 Å². The van der Waals surface area contributed by atoms with E-state index >= 15 is 0 Å². The van der Waals surface area contributed by atoms with E-state index in [0.29, 0.717) is 5.82 Å². The lowest BCUT2D eigenvalue weighted by atomic mass is 9.73. The molecule has 0 radical (unpaired) electrons. The zero-order valence-electron chi connectivity index (χ0n) is 31.8. The van der Waals surface area contributed by atoms with E-state index in [9.17, 15) is 0 Å². The largest absolute Gasteiger partial charge is 0.310 e. The van der Waals surface area contributed by atoms with Crippen LogP contribution in [0, 0.1) is 0 Å². The Kier molecular flexibility index (Phi) is 7.48. The van der Waals surface area contributed by atoms with E-state index < -0.39 is 0 Å². The van der Waals surface area contributed by atoms with Crippen LogP contribution in [0.1, 0.15) is 25.0 Å². The minimum absolute atomic E-state index is 0.187. The van der Waals surface area contributed by atoms with E-state index in [1.165, 1.54) is 55.2 Å². The standard InChI is InChI=1S/C53H38N4/c1-53(2)42-26-14-15-27-45(42)56(39-22-10-5-11-23-39)48-33-38(29-31-43(48)53)41-25-16-28-46-51(41)50-40-24-13-12-17-35(40)30-32-47(50)57(46)49-34-44(36-18-6-3-7-19-36)54-52(55-49)37-20-8-4-9-21-37/h3-34H,1-2H3. The molecule has 0 atom stereocenters. The summed E-state index contributed by atoms with van der Waals surface area (Å²) in [6.07, 6.45) is 0. The molecule has 0 fully saturated rings. The maximum Gasteiger partial charge on any atom is 0.162 e. The number of para-hydroxylation sites is 2. The van der Waals surface area contributed by atoms with Gasteiger partial charge in [0.05, 0.1) is 28.1 Å². The second kappa shape index (κ2) is 12.9. The third-order valence-electron chi connectivity index (χ3n) is 11.8. The first-order valence-electron chi connectivity index (χ1n) is 19.6. The summed E-state index contributed by atoms with van der Waals surface area (Å²) in [5, 5.41) is 4.83. The lowest BCUT2D eigenvalue weighted by Crippen LogP contribution is -2.30. The number of aromatic nitrogens is 3. The molecule has 0 amide bonds. The molecule has 4 heteroatoms. The molecule has 1 aliphatic heterocycles. The van der Waals surface area contributed by atoms with Gasteiger partial charge in [0.15, 0.2) is 5.82 Å². The second-order valence-corrected chi connectivity index (χ2v) is 15.4. The van der Waals surface area contributed by atoms with Crippen molar-refractivity contribution in [3.8, 4) is 39.6 Å². The molecule has 0 N–H and O–H groups in total. The van der Waals surface area contributed by atoms with Crippen LogP contribution >= 0.6 is 0 Å². The van der Waals surface area contributed by atoms with Crippen molar-refractivity contribution in [2.75, 3.05) is 4.90 Å². The maximum absolute atomic E-state index is 5.34. The first kappa shape index (κ1) is 33.1. The van der Waals surface area contributed by atoms with Gasteiger partial charge >= 0.3 is 0 Å². The highest BCUT2D eigenvalue weighted by atomic mass is 15.2. The monoisotopic (exact) mass is 730 g/mol. The van der Waals surface area contributed by atoms with E-state index in [1.54, 1.807) is 0 Å². The Morgan fingerprint density at radius 3 is 1.93 bits per heavy atom. The minimum atomic E-state index is -0.187. The van der Waals surface area contributed by atoms with Crippen LogP contribution in [0.15, 0.2) is 194 Å².